The molecule has 4 heterocycles. The Labute approximate surface area is 295 Å². The number of aliphatic hydroxyl groups is 1. The summed E-state index contributed by atoms with van der Waals surface area (Å²) in [6.45, 7) is 4.17. The summed E-state index contributed by atoms with van der Waals surface area (Å²) in [6.07, 6.45) is 14.9. The van der Waals surface area contributed by atoms with Crippen LogP contribution in [-0.4, -0.2) is 100 Å². The number of anilines is 1. The second kappa shape index (κ2) is 13.1. The molecule has 4 aliphatic rings. The number of halogens is 2. The summed E-state index contributed by atoms with van der Waals surface area (Å²) in [5, 5.41) is 22.7. The molecular formula is C39H43F2N5O5. The van der Waals surface area contributed by atoms with Crippen molar-refractivity contribution in [3.63, 3.8) is 0 Å². The van der Waals surface area contributed by atoms with Crippen LogP contribution in [0.15, 0.2) is 30.5 Å². The third kappa shape index (κ3) is 6.04. The number of terminal acetylenes is 1. The first-order chi connectivity index (χ1) is 24.6. The van der Waals surface area contributed by atoms with Gasteiger partial charge in [0.2, 0.25) is 0 Å². The van der Waals surface area contributed by atoms with Crippen molar-refractivity contribution >= 4 is 27.5 Å². The second-order valence-corrected chi connectivity index (χ2v) is 15.0. The Bertz CT molecular complexity index is 2030. The van der Waals surface area contributed by atoms with Gasteiger partial charge in [-0.05, 0) is 75.6 Å². The second-order valence-electron chi connectivity index (χ2n) is 15.0. The molecule has 2 aromatic heterocycles. The van der Waals surface area contributed by atoms with Crippen molar-refractivity contribution in [3.05, 3.63) is 47.7 Å². The van der Waals surface area contributed by atoms with E-state index in [9.17, 15) is 14.6 Å². The van der Waals surface area contributed by atoms with Gasteiger partial charge in [0.15, 0.2) is 5.82 Å². The number of phenolic OH excluding ortho intramolecular Hbond substituents is 1. The number of rotatable bonds is 7. The molecule has 2 saturated carbocycles. The third-order valence-electron chi connectivity index (χ3n) is 11.6. The number of piperidine rings is 1. The van der Waals surface area contributed by atoms with Crippen LogP contribution in [0.25, 0.3) is 32.9 Å². The van der Waals surface area contributed by atoms with Crippen LogP contribution in [-0.2, 0) is 9.47 Å². The van der Waals surface area contributed by atoms with E-state index < -0.39 is 17.2 Å². The number of hydrogen-bond acceptors (Lipinski definition) is 10. The molecule has 8 rings (SSSR count). The van der Waals surface area contributed by atoms with Crippen molar-refractivity contribution in [2.45, 2.75) is 75.7 Å². The molecule has 2 saturated heterocycles. The Morgan fingerprint density at radius 1 is 1.14 bits per heavy atom. The molecule has 3 unspecified atom stereocenters. The van der Waals surface area contributed by atoms with E-state index in [1.54, 1.807) is 14.0 Å². The van der Waals surface area contributed by atoms with Gasteiger partial charge in [0.25, 0.3) is 0 Å². The Hall–Kier alpha value is -4.15. The van der Waals surface area contributed by atoms with Crippen molar-refractivity contribution in [2.24, 2.45) is 5.41 Å². The van der Waals surface area contributed by atoms with Gasteiger partial charge in [-0.25, -0.2) is 8.78 Å². The zero-order valence-corrected chi connectivity index (χ0v) is 29.0. The quantitative estimate of drug-likeness (QED) is 0.237. The smallest absolute Gasteiger partial charge is 0.319 e. The number of fused-ring (bicyclic) bond motifs is 3. The van der Waals surface area contributed by atoms with Gasteiger partial charge >= 0.3 is 6.01 Å². The number of aromatic nitrogens is 3. The van der Waals surface area contributed by atoms with E-state index in [1.807, 2.05) is 4.90 Å². The van der Waals surface area contributed by atoms with Gasteiger partial charge in [0.05, 0.1) is 43.4 Å². The molecule has 268 valence electrons. The monoisotopic (exact) mass is 699 g/mol. The first kappa shape index (κ1) is 34.0. The standard InChI is InChI=1S/C39H43F2N5O5/c1-4-27-30(40)9-8-23-15-25(47)18-28(32(23)27)34-33(41)35-29(19-42-34)36(45-13-14-50-21-38(2,48)20-45)44-37(43-35)51-22-39-10-5-7-31(39)46(12-6-11-39)24-16-26(17-24)49-3/h1,8-9,15,18-19,24,26,31,47-48H,5-7,10-14,16-17,20-22H2,2-3H3. The molecule has 0 amide bonds. The molecular weight excluding hydrogens is 656 g/mol. The first-order valence-corrected chi connectivity index (χ1v) is 17.8. The number of methoxy groups -OCH3 is 1. The highest BCUT2D eigenvalue weighted by molar-refractivity contribution is 6.03. The molecule has 0 radical (unpaired) electrons. The average Bonchev–Trinajstić information content (AvgIpc) is 3.44. The normalized spacial score (nSPS) is 28.3. The van der Waals surface area contributed by atoms with Gasteiger partial charge in [-0.15, -0.1) is 6.42 Å². The maximum atomic E-state index is 17.0. The van der Waals surface area contributed by atoms with Crippen LogP contribution < -0.4 is 9.64 Å². The topological polar surface area (TPSA) is 113 Å². The minimum atomic E-state index is -1.19. The maximum Gasteiger partial charge on any atom is 0.319 e. The molecule has 0 bridgehead atoms. The predicted molar refractivity (Wildman–Crippen MR) is 189 cm³/mol. The lowest BCUT2D eigenvalue weighted by molar-refractivity contribution is -0.0845. The lowest BCUT2D eigenvalue weighted by Gasteiger charge is -2.53. The van der Waals surface area contributed by atoms with E-state index in [0.717, 1.165) is 51.5 Å². The fourth-order valence-corrected chi connectivity index (χ4v) is 9.04. The van der Waals surface area contributed by atoms with Gasteiger partial charge in [0, 0.05) is 48.3 Å². The lowest BCUT2D eigenvalue weighted by Crippen LogP contribution is -2.59. The number of β-amino-alcohol motifs (C(OH)–C–C–N with tert-alkyl or cyclic N) is 1. The highest BCUT2D eigenvalue weighted by atomic mass is 19.1. The van der Waals surface area contributed by atoms with Gasteiger partial charge < -0.3 is 29.3 Å². The molecule has 0 spiro atoms. The van der Waals surface area contributed by atoms with Gasteiger partial charge in [-0.1, -0.05) is 18.4 Å². The Morgan fingerprint density at radius 3 is 2.76 bits per heavy atom. The van der Waals surface area contributed by atoms with Crippen molar-refractivity contribution < 1.29 is 33.2 Å². The summed E-state index contributed by atoms with van der Waals surface area (Å²) in [5.74, 6) is 1.15. The largest absolute Gasteiger partial charge is 0.508 e. The van der Waals surface area contributed by atoms with Crippen molar-refractivity contribution in [1.29, 1.82) is 0 Å². The molecule has 51 heavy (non-hydrogen) atoms. The summed E-state index contributed by atoms with van der Waals surface area (Å²) >= 11 is 0. The van der Waals surface area contributed by atoms with E-state index in [1.165, 1.54) is 30.5 Å². The van der Waals surface area contributed by atoms with Gasteiger partial charge in [-0.3, -0.25) is 9.88 Å². The molecule has 2 N–H and O–H groups in total. The van der Waals surface area contributed by atoms with E-state index in [-0.39, 0.29) is 58.1 Å². The SMILES string of the molecule is C#Cc1c(F)ccc2cc(O)cc(-c3ncc4c(N5CCOCC(C)(O)C5)nc(OCC56CCCC5N(C5CC(OC)C5)CCC6)nc4c3F)c12. The van der Waals surface area contributed by atoms with E-state index in [0.29, 0.717) is 54.5 Å². The number of phenols is 1. The third-order valence-corrected chi connectivity index (χ3v) is 11.6. The highest BCUT2D eigenvalue weighted by Gasteiger charge is 2.51. The van der Waals surface area contributed by atoms with E-state index in [2.05, 4.69) is 20.8 Å². The molecule has 3 atom stereocenters. The number of benzene rings is 2. The fraction of sp³-hybridized carbons (Fsp3) is 0.513. The van der Waals surface area contributed by atoms with E-state index >= 15 is 4.39 Å². The van der Waals surface area contributed by atoms with Crippen LogP contribution in [0.2, 0.25) is 0 Å². The lowest BCUT2D eigenvalue weighted by atomic mass is 9.73. The first-order valence-electron chi connectivity index (χ1n) is 17.8. The zero-order chi connectivity index (χ0) is 35.5. The maximum absolute atomic E-state index is 17.0. The van der Waals surface area contributed by atoms with Crippen LogP contribution in [0.4, 0.5) is 14.6 Å². The molecule has 2 aliphatic heterocycles. The molecule has 2 aliphatic carbocycles. The van der Waals surface area contributed by atoms with E-state index in [4.69, 9.17) is 25.6 Å². The molecule has 4 aromatic rings. The summed E-state index contributed by atoms with van der Waals surface area (Å²) in [6, 6.07) is 6.39. The van der Waals surface area contributed by atoms with Crippen molar-refractivity contribution in [2.75, 3.05) is 51.5 Å². The van der Waals surface area contributed by atoms with Crippen molar-refractivity contribution in [3.8, 4) is 35.4 Å². The average molecular weight is 700 g/mol. The van der Waals surface area contributed by atoms with Crippen LogP contribution in [0.3, 0.4) is 0 Å². The molecule has 2 aromatic carbocycles. The summed E-state index contributed by atoms with van der Waals surface area (Å²) < 4.78 is 49.8. The predicted octanol–water partition coefficient (Wildman–Crippen LogP) is 5.59. The number of aromatic hydroxyl groups is 1. The minimum Gasteiger partial charge on any atom is -0.508 e. The number of ether oxygens (including phenoxy) is 3. The number of hydrogen-bond donors (Lipinski definition) is 2. The Morgan fingerprint density at radius 2 is 1.96 bits per heavy atom. The molecule has 12 heteroatoms. The molecule has 10 nitrogen and oxygen atoms in total. The number of pyridine rings is 1. The Balaban J connectivity index is 1.22. The highest BCUT2D eigenvalue weighted by Crippen LogP contribution is 2.50. The van der Waals surface area contributed by atoms with Crippen LogP contribution >= 0.6 is 0 Å². The zero-order valence-electron chi connectivity index (χ0n) is 29.0. The van der Waals surface area contributed by atoms with Gasteiger partial charge in [0.1, 0.15) is 34.2 Å². The summed E-state index contributed by atoms with van der Waals surface area (Å²) in [5.41, 5.74) is -1.40. The molecule has 4 fully saturated rings. The van der Waals surface area contributed by atoms with Crippen LogP contribution in [0, 0.1) is 29.4 Å². The summed E-state index contributed by atoms with van der Waals surface area (Å²) in [4.78, 5) is 18.5. The van der Waals surface area contributed by atoms with Crippen LogP contribution in [0.5, 0.6) is 11.8 Å². The minimum absolute atomic E-state index is 0.0229. The van der Waals surface area contributed by atoms with Gasteiger partial charge in [-0.2, -0.15) is 9.97 Å². The van der Waals surface area contributed by atoms with Crippen LogP contribution in [0.1, 0.15) is 57.4 Å². The Kier molecular flexibility index (Phi) is 8.74. The van der Waals surface area contributed by atoms with Crippen molar-refractivity contribution in [1.82, 2.24) is 19.9 Å². The number of nitrogens with zero attached hydrogens (tertiary/aromatic N) is 5. The number of likely N-dealkylation sites (tertiary alicyclic amines) is 1. The fourth-order valence-electron chi connectivity index (χ4n) is 9.04. The summed E-state index contributed by atoms with van der Waals surface area (Å²) in [7, 11) is 1.78.